The van der Waals surface area contributed by atoms with Gasteiger partial charge in [0.15, 0.2) is 6.61 Å². The van der Waals surface area contributed by atoms with Gasteiger partial charge in [-0.1, -0.05) is 30.3 Å². The maximum absolute atomic E-state index is 12.7. The fourth-order valence-electron chi connectivity index (χ4n) is 3.62. The van der Waals surface area contributed by atoms with Crippen molar-refractivity contribution in [1.29, 1.82) is 0 Å². The Bertz CT molecular complexity index is 1150. The average Bonchev–Trinajstić information content (AvgIpc) is 3.45. The van der Waals surface area contributed by atoms with Gasteiger partial charge in [0, 0.05) is 26.2 Å². The first-order valence-electron chi connectivity index (χ1n) is 10.5. The second kappa shape index (κ2) is 9.41. The summed E-state index contributed by atoms with van der Waals surface area (Å²) in [6.07, 6.45) is 0. The van der Waals surface area contributed by atoms with Crippen LogP contribution in [-0.4, -0.2) is 67.1 Å². The molecule has 1 saturated heterocycles. The van der Waals surface area contributed by atoms with Gasteiger partial charge < -0.3 is 9.64 Å². The topological polar surface area (TPSA) is 89.3 Å². The van der Waals surface area contributed by atoms with Crippen LogP contribution in [0.5, 0.6) is 5.75 Å². The molecule has 0 aliphatic carbocycles. The number of aromatic nitrogens is 5. The summed E-state index contributed by atoms with van der Waals surface area (Å²) in [7, 11) is 0. The monoisotopic (exact) mass is 449 g/mol. The SMILES string of the molecule is O=C(Cn1nnc(COc2ccccc2)n1)N1CCN(Cc2nc3ccccc3s2)CC1. The summed E-state index contributed by atoms with van der Waals surface area (Å²) >= 11 is 1.73. The number of amides is 1. The zero-order valence-electron chi connectivity index (χ0n) is 17.5. The van der Waals surface area contributed by atoms with E-state index in [1.165, 1.54) is 9.50 Å². The Kier molecular flexibility index (Phi) is 6.04. The Morgan fingerprint density at radius 1 is 1.00 bits per heavy atom. The zero-order valence-corrected chi connectivity index (χ0v) is 18.3. The molecule has 1 fully saturated rings. The number of piperazine rings is 1. The molecule has 3 heterocycles. The normalized spacial score (nSPS) is 14.7. The van der Waals surface area contributed by atoms with Crippen molar-refractivity contribution in [2.75, 3.05) is 26.2 Å². The van der Waals surface area contributed by atoms with Crippen molar-refractivity contribution in [3.63, 3.8) is 0 Å². The van der Waals surface area contributed by atoms with Crippen molar-refractivity contribution in [3.8, 4) is 5.75 Å². The molecule has 0 spiro atoms. The number of fused-ring (bicyclic) bond motifs is 1. The minimum absolute atomic E-state index is 0.00225. The molecule has 0 bridgehead atoms. The van der Waals surface area contributed by atoms with Gasteiger partial charge in [-0.15, -0.1) is 21.5 Å². The molecule has 4 aromatic rings. The number of nitrogens with zero attached hydrogens (tertiary/aromatic N) is 7. The third-order valence-corrected chi connectivity index (χ3v) is 6.33. The number of rotatable bonds is 7. The summed E-state index contributed by atoms with van der Waals surface area (Å²) in [5.74, 6) is 1.18. The predicted molar refractivity (Wildman–Crippen MR) is 120 cm³/mol. The fourth-order valence-corrected chi connectivity index (χ4v) is 4.63. The lowest BCUT2D eigenvalue weighted by molar-refractivity contribution is -0.134. The first-order valence-corrected chi connectivity index (χ1v) is 11.3. The highest BCUT2D eigenvalue weighted by molar-refractivity contribution is 7.18. The summed E-state index contributed by atoms with van der Waals surface area (Å²) < 4.78 is 6.84. The molecule has 32 heavy (non-hydrogen) atoms. The molecule has 1 aliphatic heterocycles. The van der Waals surface area contributed by atoms with E-state index in [4.69, 9.17) is 9.72 Å². The molecule has 5 rings (SSSR count). The maximum atomic E-state index is 12.7. The van der Waals surface area contributed by atoms with Crippen LogP contribution in [0.3, 0.4) is 0 Å². The van der Waals surface area contributed by atoms with Gasteiger partial charge in [0.25, 0.3) is 0 Å². The number of hydrogen-bond donors (Lipinski definition) is 0. The van der Waals surface area contributed by atoms with E-state index in [-0.39, 0.29) is 19.1 Å². The second-order valence-corrected chi connectivity index (χ2v) is 8.69. The average molecular weight is 450 g/mol. The number of carbonyl (C=O) groups excluding carboxylic acids is 1. The maximum Gasteiger partial charge on any atom is 0.246 e. The molecule has 10 heteroatoms. The summed E-state index contributed by atoms with van der Waals surface area (Å²) in [4.78, 5) is 22.9. The number of thiazole rings is 1. The molecule has 0 unspecified atom stereocenters. The van der Waals surface area contributed by atoms with Gasteiger partial charge in [-0.2, -0.15) is 4.80 Å². The van der Waals surface area contributed by atoms with Gasteiger partial charge in [-0.05, 0) is 29.5 Å². The van der Waals surface area contributed by atoms with E-state index in [0.717, 1.165) is 35.9 Å². The van der Waals surface area contributed by atoms with Crippen molar-refractivity contribution in [3.05, 3.63) is 65.4 Å². The van der Waals surface area contributed by atoms with Crippen molar-refractivity contribution in [1.82, 2.24) is 35.0 Å². The molecule has 0 radical (unpaired) electrons. The van der Waals surface area contributed by atoms with E-state index in [2.05, 4.69) is 26.4 Å². The first kappa shape index (κ1) is 20.5. The van der Waals surface area contributed by atoms with Crippen molar-refractivity contribution in [2.45, 2.75) is 19.7 Å². The van der Waals surface area contributed by atoms with E-state index in [9.17, 15) is 4.79 Å². The third-order valence-electron chi connectivity index (χ3n) is 5.30. The van der Waals surface area contributed by atoms with Crippen LogP contribution < -0.4 is 4.74 Å². The van der Waals surface area contributed by atoms with Crippen molar-refractivity contribution < 1.29 is 9.53 Å². The predicted octanol–water partition coefficient (Wildman–Crippen LogP) is 2.21. The van der Waals surface area contributed by atoms with Crippen LogP contribution in [0.4, 0.5) is 0 Å². The Morgan fingerprint density at radius 2 is 1.78 bits per heavy atom. The highest BCUT2D eigenvalue weighted by Gasteiger charge is 2.23. The molecule has 2 aromatic carbocycles. The molecule has 0 N–H and O–H groups in total. The summed E-state index contributed by atoms with van der Waals surface area (Å²) in [5.41, 5.74) is 1.05. The Morgan fingerprint density at radius 3 is 2.59 bits per heavy atom. The van der Waals surface area contributed by atoms with E-state index < -0.39 is 0 Å². The molecule has 1 aliphatic rings. The first-order chi connectivity index (χ1) is 15.7. The summed E-state index contributed by atoms with van der Waals surface area (Å²) in [6, 6.07) is 17.7. The van der Waals surface area contributed by atoms with Crippen LogP contribution in [0, 0.1) is 0 Å². The minimum Gasteiger partial charge on any atom is -0.485 e. The zero-order chi connectivity index (χ0) is 21.8. The van der Waals surface area contributed by atoms with E-state index >= 15 is 0 Å². The fraction of sp³-hybridized carbons (Fsp3) is 0.318. The second-order valence-electron chi connectivity index (χ2n) is 7.57. The van der Waals surface area contributed by atoms with Crippen LogP contribution in [0.15, 0.2) is 54.6 Å². The van der Waals surface area contributed by atoms with E-state index in [1.54, 1.807) is 11.3 Å². The summed E-state index contributed by atoms with van der Waals surface area (Å²) in [6.45, 7) is 4.12. The number of para-hydroxylation sites is 2. The van der Waals surface area contributed by atoms with Gasteiger partial charge >= 0.3 is 0 Å². The molecule has 2 aromatic heterocycles. The highest BCUT2D eigenvalue weighted by atomic mass is 32.1. The summed E-state index contributed by atoms with van der Waals surface area (Å²) in [5, 5.41) is 13.3. The van der Waals surface area contributed by atoms with Gasteiger partial charge in [-0.25, -0.2) is 4.98 Å². The molecule has 164 valence electrons. The van der Waals surface area contributed by atoms with Gasteiger partial charge in [0.05, 0.1) is 16.8 Å². The van der Waals surface area contributed by atoms with Crippen molar-refractivity contribution in [2.24, 2.45) is 0 Å². The highest BCUT2D eigenvalue weighted by Crippen LogP contribution is 2.23. The number of ether oxygens (including phenoxy) is 1. The van der Waals surface area contributed by atoms with Crippen LogP contribution in [-0.2, 0) is 24.5 Å². The quantitative estimate of drug-likeness (QED) is 0.427. The number of hydrogen-bond acceptors (Lipinski definition) is 8. The lowest BCUT2D eigenvalue weighted by Gasteiger charge is -2.34. The Balaban J connectivity index is 1.09. The minimum atomic E-state index is -0.00225. The van der Waals surface area contributed by atoms with E-state index in [1.807, 2.05) is 53.4 Å². The molecule has 9 nitrogen and oxygen atoms in total. The molecule has 0 saturated carbocycles. The number of tetrazole rings is 1. The standard InChI is InChI=1S/C22H23N7O2S/c30-22(15-29-25-20(24-26-29)16-31-17-6-2-1-3-7-17)28-12-10-27(11-13-28)14-21-23-18-8-4-5-9-19(18)32-21/h1-9H,10-16H2. The van der Waals surface area contributed by atoms with E-state index in [0.29, 0.717) is 18.9 Å². The number of carbonyl (C=O) groups is 1. The van der Waals surface area contributed by atoms with Crippen LogP contribution in [0.2, 0.25) is 0 Å². The van der Waals surface area contributed by atoms with Crippen LogP contribution in [0.1, 0.15) is 10.8 Å². The van der Waals surface area contributed by atoms with Gasteiger partial charge in [0.1, 0.15) is 17.3 Å². The molecular weight excluding hydrogens is 426 g/mol. The molecule has 0 atom stereocenters. The van der Waals surface area contributed by atoms with Gasteiger partial charge in [-0.3, -0.25) is 9.69 Å². The smallest absolute Gasteiger partial charge is 0.246 e. The van der Waals surface area contributed by atoms with Crippen LogP contribution in [0.25, 0.3) is 10.2 Å². The van der Waals surface area contributed by atoms with Crippen LogP contribution >= 0.6 is 11.3 Å². The molecular formula is C22H23N7O2S. The Hall–Kier alpha value is -3.37. The van der Waals surface area contributed by atoms with Gasteiger partial charge in [0.2, 0.25) is 11.7 Å². The lowest BCUT2D eigenvalue weighted by Crippen LogP contribution is -2.49. The largest absolute Gasteiger partial charge is 0.485 e. The third kappa shape index (κ3) is 4.92. The molecule has 1 amide bonds. The number of benzene rings is 2. The van der Waals surface area contributed by atoms with Crippen molar-refractivity contribution >= 4 is 27.5 Å². The Labute approximate surface area is 189 Å². The lowest BCUT2D eigenvalue weighted by atomic mass is 10.3.